The lowest BCUT2D eigenvalue weighted by atomic mass is 10.1. The number of carbonyl (C=O) groups is 1. The van der Waals surface area contributed by atoms with Crippen LogP contribution in [0, 0.1) is 12.8 Å². The Kier molecular flexibility index (Phi) is 5.78. The third kappa shape index (κ3) is 3.91. The fraction of sp³-hybridized carbons (Fsp3) is 0.562. The van der Waals surface area contributed by atoms with Crippen LogP contribution in [0.4, 0.5) is 0 Å². The number of aryl methyl sites for hydroxylation is 1. The minimum Gasteiger partial charge on any atom is -0.462 e. The van der Waals surface area contributed by atoms with Gasteiger partial charge in [0.25, 0.3) is 0 Å². The molecule has 6 nitrogen and oxygen atoms in total. The van der Waals surface area contributed by atoms with Crippen molar-refractivity contribution in [3.8, 4) is 0 Å². The molecule has 1 aromatic carbocycles. The van der Waals surface area contributed by atoms with Crippen molar-refractivity contribution >= 4 is 16.0 Å². The molecule has 0 bridgehead atoms. The lowest BCUT2D eigenvalue weighted by Gasteiger charge is -2.18. The maximum atomic E-state index is 12.9. The SMILES string of the molecule is CCOC(=O)c1ccc(C)c(S(=O)(=O)N2CCC(CNC)C2)c1. The van der Waals surface area contributed by atoms with Crippen LogP contribution in [0.2, 0.25) is 0 Å². The molecule has 0 spiro atoms. The summed E-state index contributed by atoms with van der Waals surface area (Å²) in [7, 11) is -1.73. The van der Waals surface area contributed by atoms with E-state index in [1.165, 1.54) is 10.4 Å². The molecule has 0 radical (unpaired) electrons. The Morgan fingerprint density at radius 1 is 1.43 bits per heavy atom. The Labute approximate surface area is 137 Å². The topological polar surface area (TPSA) is 75.7 Å². The van der Waals surface area contributed by atoms with Crippen molar-refractivity contribution < 1.29 is 17.9 Å². The number of sulfonamides is 1. The smallest absolute Gasteiger partial charge is 0.338 e. The molecular formula is C16H24N2O4S. The van der Waals surface area contributed by atoms with Gasteiger partial charge in [0.15, 0.2) is 0 Å². The van der Waals surface area contributed by atoms with E-state index in [0.717, 1.165) is 13.0 Å². The predicted molar refractivity (Wildman–Crippen MR) is 87.9 cm³/mol. The highest BCUT2D eigenvalue weighted by atomic mass is 32.2. The van der Waals surface area contributed by atoms with E-state index in [1.54, 1.807) is 26.0 Å². The summed E-state index contributed by atoms with van der Waals surface area (Å²) in [6, 6.07) is 4.68. The van der Waals surface area contributed by atoms with Crippen molar-refractivity contribution in [1.82, 2.24) is 9.62 Å². The fourth-order valence-electron chi connectivity index (χ4n) is 2.83. The molecule has 1 unspecified atom stereocenters. The molecule has 1 heterocycles. The highest BCUT2D eigenvalue weighted by Gasteiger charge is 2.33. The van der Waals surface area contributed by atoms with E-state index in [0.29, 0.717) is 24.6 Å². The van der Waals surface area contributed by atoms with Gasteiger partial charge in [-0.05, 0) is 57.5 Å². The molecule has 1 atom stereocenters. The van der Waals surface area contributed by atoms with Crippen molar-refractivity contribution in [1.29, 1.82) is 0 Å². The van der Waals surface area contributed by atoms with Gasteiger partial charge in [-0.2, -0.15) is 4.31 Å². The van der Waals surface area contributed by atoms with Crippen LogP contribution < -0.4 is 5.32 Å². The van der Waals surface area contributed by atoms with Gasteiger partial charge in [-0.25, -0.2) is 13.2 Å². The van der Waals surface area contributed by atoms with Gasteiger partial charge in [-0.1, -0.05) is 6.07 Å². The Hall–Kier alpha value is -1.44. The van der Waals surface area contributed by atoms with Crippen LogP contribution in [0.1, 0.15) is 29.3 Å². The highest BCUT2D eigenvalue weighted by molar-refractivity contribution is 7.89. The number of hydrogen-bond donors (Lipinski definition) is 1. The lowest BCUT2D eigenvalue weighted by Crippen LogP contribution is -2.31. The molecule has 1 N–H and O–H groups in total. The Balaban J connectivity index is 2.29. The largest absolute Gasteiger partial charge is 0.462 e. The Morgan fingerprint density at radius 2 is 2.17 bits per heavy atom. The second-order valence-corrected chi connectivity index (χ2v) is 7.68. The summed E-state index contributed by atoms with van der Waals surface area (Å²) in [5.74, 6) is -0.179. The highest BCUT2D eigenvalue weighted by Crippen LogP contribution is 2.27. The number of nitrogens with zero attached hydrogens (tertiary/aromatic N) is 1. The zero-order valence-corrected chi connectivity index (χ0v) is 14.6. The molecule has 7 heteroatoms. The molecule has 0 aliphatic carbocycles. The van der Waals surface area contributed by atoms with Gasteiger partial charge < -0.3 is 10.1 Å². The summed E-state index contributed by atoms with van der Waals surface area (Å²) in [5, 5.41) is 3.09. The molecule has 1 aliphatic heterocycles. The molecule has 128 valence electrons. The number of ether oxygens (including phenoxy) is 1. The van der Waals surface area contributed by atoms with Gasteiger partial charge in [0.1, 0.15) is 0 Å². The number of benzene rings is 1. The molecule has 1 fully saturated rings. The monoisotopic (exact) mass is 340 g/mol. The van der Waals surface area contributed by atoms with Gasteiger partial charge in [-0.3, -0.25) is 0 Å². The summed E-state index contributed by atoms with van der Waals surface area (Å²) in [4.78, 5) is 12.0. The van der Waals surface area contributed by atoms with Crippen molar-refractivity contribution in [2.45, 2.75) is 25.2 Å². The van der Waals surface area contributed by atoms with Crippen molar-refractivity contribution in [2.75, 3.05) is 33.3 Å². The standard InChI is InChI=1S/C16H24N2O4S/c1-4-22-16(19)14-6-5-12(2)15(9-14)23(20,21)18-8-7-13(11-18)10-17-3/h5-6,9,13,17H,4,7-8,10-11H2,1-3H3. The van der Waals surface area contributed by atoms with Gasteiger partial charge in [0.2, 0.25) is 10.0 Å². The van der Waals surface area contributed by atoms with Crippen LogP contribution >= 0.6 is 0 Å². The third-order valence-corrected chi connectivity index (χ3v) is 6.07. The molecule has 1 aliphatic rings. The number of esters is 1. The van der Waals surface area contributed by atoms with Crippen molar-refractivity contribution in [3.05, 3.63) is 29.3 Å². The predicted octanol–water partition coefficient (Wildman–Crippen LogP) is 1.40. The zero-order valence-electron chi connectivity index (χ0n) is 13.8. The first-order chi connectivity index (χ1) is 10.9. The average Bonchev–Trinajstić information content (AvgIpc) is 2.97. The van der Waals surface area contributed by atoms with Crippen LogP contribution in [-0.4, -0.2) is 52.0 Å². The van der Waals surface area contributed by atoms with E-state index in [1.807, 2.05) is 7.05 Å². The quantitative estimate of drug-likeness (QED) is 0.792. The summed E-state index contributed by atoms with van der Waals surface area (Å²) >= 11 is 0. The Bertz CT molecular complexity index is 673. The number of rotatable bonds is 6. The number of hydrogen-bond acceptors (Lipinski definition) is 5. The molecular weight excluding hydrogens is 316 g/mol. The normalized spacial score (nSPS) is 19.0. The summed E-state index contributed by atoms with van der Waals surface area (Å²) in [6.45, 7) is 5.53. The zero-order chi connectivity index (χ0) is 17.0. The molecule has 0 saturated carbocycles. The van der Waals surface area contributed by atoms with Crippen molar-refractivity contribution in [2.24, 2.45) is 5.92 Å². The van der Waals surface area contributed by atoms with Gasteiger partial charge in [0, 0.05) is 13.1 Å². The second kappa shape index (κ2) is 7.42. The van der Waals surface area contributed by atoms with E-state index in [-0.39, 0.29) is 17.1 Å². The summed E-state index contributed by atoms with van der Waals surface area (Å²) < 4.78 is 32.2. The molecule has 2 rings (SSSR count). The minimum atomic E-state index is -3.59. The van der Waals surface area contributed by atoms with Crippen LogP contribution in [0.3, 0.4) is 0 Å². The maximum Gasteiger partial charge on any atom is 0.338 e. The van der Waals surface area contributed by atoms with Gasteiger partial charge in [-0.15, -0.1) is 0 Å². The van der Waals surface area contributed by atoms with Crippen LogP contribution in [0.25, 0.3) is 0 Å². The summed E-state index contributed by atoms with van der Waals surface area (Å²) in [6.07, 6.45) is 0.844. The lowest BCUT2D eigenvalue weighted by molar-refractivity contribution is 0.0526. The van der Waals surface area contributed by atoms with E-state index in [4.69, 9.17) is 4.74 Å². The van der Waals surface area contributed by atoms with E-state index in [2.05, 4.69) is 5.32 Å². The van der Waals surface area contributed by atoms with E-state index in [9.17, 15) is 13.2 Å². The first kappa shape index (κ1) is 17.9. The molecule has 0 amide bonds. The molecule has 23 heavy (non-hydrogen) atoms. The van der Waals surface area contributed by atoms with E-state index >= 15 is 0 Å². The van der Waals surface area contributed by atoms with E-state index < -0.39 is 16.0 Å². The first-order valence-electron chi connectivity index (χ1n) is 7.82. The van der Waals surface area contributed by atoms with Gasteiger partial charge >= 0.3 is 5.97 Å². The van der Waals surface area contributed by atoms with Crippen LogP contribution in [0.15, 0.2) is 23.1 Å². The minimum absolute atomic E-state index is 0.188. The van der Waals surface area contributed by atoms with Crippen LogP contribution in [-0.2, 0) is 14.8 Å². The Morgan fingerprint density at radius 3 is 2.83 bits per heavy atom. The third-order valence-electron chi connectivity index (χ3n) is 4.06. The summed E-state index contributed by atoms with van der Waals surface area (Å²) in [5.41, 5.74) is 0.900. The molecule has 1 saturated heterocycles. The molecule has 0 aromatic heterocycles. The maximum absolute atomic E-state index is 12.9. The number of nitrogens with one attached hydrogen (secondary N) is 1. The second-order valence-electron chi connectivity index (χ2n) is 5.78. The first-order valence-corrected chi connectivity index (χ1v) is 9.26. The van der Waals surface area contributed by atoms with Gasteiger partial charge in [0.05, 0.1) is 17.1 Å². The van der Waals surface area contributed by atoms with Crippen molar-refractivity contribution in [3.63, 3.8) is 0 Å². The molecule has 1 aromatic rings. The fourth-order valence-corrected chi connectivity index (χ4v) is 4.61. The van der Waals surface area contributed by atoms with Crippen LogP contribution in [0.5, 0.6) is 0 Å². The number of carbonyl (C=O) groups excluding carboxylic acids is 1. The average molecular weight is 340 g/mol.